The van der Waals surface area contributed by atoms with Gasteiger partial charge in [0, 0.05) is 31.1 Å². The van der Waals surface area contributed by atoms with E-state index in [2.05, 4.69) is 0 Å². The fourth-order valence-electron chi connectivity index (χ4n) is 3.87. The summed E-state index contributed by atoms with van der Waals surface area (Å²) < 4.78 is 5.92. The van der Waals surface area contributed by atoms with Crippen LogP contribution in [0.3, 0.4) is 0 Å². The number of fused-ring (bicyclic) bond motifs is 1. The molecule has 1 heterocycles. The quantitative estimate of drug-likeness (QED) is 0.348. The van der Waals surface area contributed by atoms with Gasteiger partial charge in [-0.3, -0.25) is 4.79 Å². The molecule has 0 aromatic heterocycles. The maximum absolute atomic E-state index is 10.5. The summed E-state index contributed by atoms with van der Waals surface area (Å²) in [4.78, 5) is 10.5. The first-order valence-electron chi connectivity index (χ1n) is 9.66. The highest BCUT2D eigenvalue weighted by Crippen LogP contribution is 2.45. The first-order valence-corrected chi connectivity index (χ1v) is 9.66. The van der Waals surface area contributed by atoms with Gasteiger partial charge < -0.3 is 25.2 Å². The molecular formula is C20H32O6. The molecule has 2 rings (SSSR count). The first-order chi connectivity index (χ1) is 12.4. The van der Waals surface area contributed by atoms with Crippen LogP contribution in [0.25, 0.3) is 0 Å². The van der Waals surface area contributed by atoms with Crippen LogP contribution >= 0.6 is 0 Å². The molecule has 0 amide bonds. The van der Waals surface area contributed by atoms with E-state index < -0.39 is 18.2 Å². The van der Waals surface area contributed by atoms with Crippen LogP contribution in [0.4, 0.5) is 0 Å². The van der Waals surface area contributed by atoms with Crippen molar-refractivity contribution < 1.29 is 30.0 Å². The fraction of sp³-hybridized carbons (Fsp3) is 0.750. The first kappa shape index (κ1) is 20.9. The van der Waals surface area contributed by atoms with Crippen LogP contribution in [0, 0.1) is 11.8 Å². The summed E-state index contributed by atoms with van der Waals surface area (Å²) in [5.74, 6) is 0.286. The Morgan fingerprint density at radius 2 is 2.08 bits per heavy atom. The van der Waals surface area contributed by atoms with Crippen molar-refractivity contribution in [3.05, 3.63) is 24.0 Å². The van der Waals surface area contributed by atoms with Gasteiger partial charge in [-0.15, -0.1) is 0 Å². The molecule has 0 spiro atoms. The van der Waals surface area contributed by atoms with Crippen LogP contribution in [0.15, 0.2) is 24.0 Å². The SMILES string of the molecule is CC(O)CCC[C@H](O)C=C[C@@H]1[C@H]2CC(=CCCCC(=O)O)O[C@@H]2C[C@H]1O. The predicted octanol–water partition coefficient (Wildman–Crippen LogP) is 2.38. The summed E-state index contributed by atoms with van der Waals surface area (Å²) in [6, 6.07) is 0. The topological polar surface area (TPSA) is 107 Å². The summed E-state index contributed by atoms with van der Waals surface area (Å²) in [5.41, 5.74) is 0. The van der Waals surface area contributed by atoms with Crippen molar-refractivity contribution in [3.8, 4) is 0 Å². The van der Waals surface area contributed by atoms with Gasteiger partial charge in [0.25, 0.3) is 0 Å². The van der Waals surface area contributed by atoms with Crippen LogP contribution < -0.4 is 0 Å². The van der Waals surface area contributed by atoms with Crippen molar-refractivity contribution >= 4 is 5.97 Å². The molecule has 1 unspecified atom stereocenters. The highest BCUT2D eigenvalue weighted by Gasteiger charge is 2.46. The van der Waals surface area contributed by atoms with Gasteiger partial charge in [-0.05, 0) is 45.1 Å². The number of carboxylic acid groups (broad SMARTS) is 1. The second kappa shape index (κ2) is 10.1. The van der Waals surface area contributed by atoms with Crippen LogP contribution in [-0.4, -0.2) is 50.8 Å². The van der Waals surface area contributed by atoms with Crippen LogP contribution in [0.2, 0.25) is 0 Å². The molecule has 1 aliphatic carbocycles. The van der Waals surface area contributed by atoms with E-state index in [9.17, 15) is 20.1 Å². The van der Waals surface area contributed by atoms with E-state index in [-0.39, 0.29) is 30.5 Å². The zero-order valence-electron chi connectivity index (χ0n) is 15.5. The molecule has 148 valence electrons. The van der Waals surface area contributed by atoms with Crippen molar-refractivity contribution in [2.24, 2.45) is 11.8 Å². The number of carbonyl (C=O) groups is 1. The number of aliphatic carboxylic acids is 1. The van der Waals surface area contributed by atoms with E-state index in [0.29, 0.717) is 32.1 Å². The minimum Gasteiger partial charge on any atom is -0.495 e. The molecule has 2 aliphatic rings. The average molecular weight is 368 g/mol. The van der Waals surface area contributed by atoms with Gasteiger partial charge in [-0.1, -0.05) is 12.2 Å². The van der Waals surface area contributed by atoms with Crippen molar-refractivity contribution in [2.45, 2.75) is 82.7 Å². The number of unbranched alkanes of at least 4 members (excludes halogenated alkanes) is 1. The van der Waals surface area contributed by atoms with Gasteiger partial charge in [0.05, 0.1) is 24.1 Å². The van der Waals surface area contributed by atoms with Gasteiger partial charge in [0.15, 0.2) is 0 Å². The molecule has 2 fully saturated rings. The van der Waals surface area contributed by atoms with Crippen molar-refractivity contribution in [1.29, 1.82) is 0 Å². The molecule has 1 saturated carbocycles. The van der Waals surface area contributed by atoms with Gasteiger partial charge in [-0.2, -0.15) is 0 Å². The molecule has 6 nitrogen and oxygen atoms in total. The molecule has 26 heavy (non-hydrogen) atoms. The number of allylic oxidation sites excluding steroid dienone is 2. The Hall–Kier alpha value is -1.37. The Bertz CT molecular complexity index is 512. The fourth-order valence-corrected chi connectivity index (χ4v) is 3.87. The standard InChI is InChI=1S/C20H32O6/c1-13(21)5-4-6-14(22)9-10-16-17-11-15(7-2-3-8-20(24)25)26-19(17)12-18(16)23/h7,9-10,13-14,16-19,21-23H,2-6,8,11-12H2,1H3,(H,24,25)/t13?,14-,16+,17+,18+,19+/m0/s1. The minimum absolute atomic E-state index is 0.00208. The summed E-state index contributed by atoms with van der Waals surface area (Å²) in [6.07, 6.45) is 9.09. The Morgan fingerprint density at radius 3 is 2.77 bits per heavy atom. The monoisotopic (exact) mass is 368 g/mol. The van der Waals surface area contributed by atoms with E-state index >= 15 is 0 Å². The number of rotatable bonds is 10. The van der Waals surface area contributed by atoms with Crippen molar-refractivity contribution in [2.75, 3.05) is 0 Å². The Kier molecular flexibility index (Phi) is 8.13. The molecule has 6 atom stereocenters. The van der Waals surface area contributed by atoms with Gasteiger partial charge in [0.2, 0.25) is 0 Å². The highest BCUT2D eigenvalue weighted by molar-refractivity contribution is 5.66. The molecule has 0 aromatic carbocycles. The molecule has 1 aliphatic heterocycles. The van der Waals surface area contributed by atoms with Crippen LogP contribution in [0.1, 0.15) is 58.3 Å². The van der Waals surface area contributed by atoms with Gasteiger partial charge in [0.1, 0.15) is 6.10 Å². The van der Waals surface area contributed by atoms with E-state index in [1.807, 2.05) is 12.2 Å². The lowest BCUT2D eigenvalue weighted by atomic mass is 9.90. The van der Waals surface area contributed by atoms with E-state index in [1.165, 1.54) is 0 Å². The highest BCUT2D eigenvalue weighted by atomic mass is 16.5. The van der Waals surface area contributed by atoms with Crippen molar-refractivity contribution in [1.82, 2.24) is 0 Å². The Morgan fingerprint density at radius 1 is 1.31 bits per heavy atom. The molecule has 4 N–H and O–H groups in total. The number of carboxylic acids is 1. The lowest BCUT2D eigenvalue weighted by Crippen LogP contribution is -2.18. The van der Waals surface area contributed by atoms with E-state index in [4.69, 9.17) is 9.84 Å². The Labute approximate surface area is 155 Å². The summed E-state index contributed by atoms with van der Waals surface area (Å²) in [5, 5.41) is 38.3. The molecule has 0 bridgehead atoms. The normalized spacial score (nSPS) is 31.9. The zero-order valence-corrected chi connectivity index (χ0v) is 15.5. The van der Waals surface area contributed by atoms with E-state index in [0.717, 1.165) is 18.6 Å². The largest absolute Gasteiger partial charge is 0.495 e. The molecule has 0 radical (unpaired) electrons. The van der Waals surface area contributed by atoms with Crippen LogP contribution in [0.5, 0.6) is 0 Å². The van der Waals surface area contributed by atoms with Crippen LogP contribution in [-0.2, 0) is 9.53 Å². The van der Waals surface area contributed by atoms with Gasteiger partial charge in [-0.25, -0.2) is 0 Å². The number of hydrogen-bond donors (Lipinski definition) is 4. The predicted molar refractivity (Wildman–Crippen MR) is 97.3 cm³/mol. The number of aliphatic hydroxyl groups excluding tert-OH is 3. The number of hydrogen-bond acceptors (Lipinski definition) is 5. The summed E-state index contributed by atoms with van der Waals surface area (Å²) in [6.45, 7) is 1.74. The van der Waals surface area contributed by atoms with E-state index in [1.54, 1.807) is 13.0 Å². The maximum Gasteiger partial charge on any atom is 0.303 e. The lowest BCUT2D eigenvalue weighted by molar-refractivity contribution is -0.137. The molecule has 1 saturated heterocycles. The lowest BCUT2D eigenvalue weighted by Gasteiger charge is -2.16. The number of aliphatic hydroxyl groups is 3. The smallest absolute Gasteiger partial charge is 0.303 e. The van der Waals surface area contributed by atoms with Crippen molar-refractivity contribution in [3.63, 3.8) is 0 Å². The third kappa shape index (κ3) is 6.41. The molecule has 6 heteroatoms. The minimum atomic E-state index is -0.784. The van der Waals surface area contributed by atoms with Gasteiger partial charge >= 0.3 is 5.97 Å². The second-order valence-corrected chi connectivity index (χ2v) is 7.59. The second-order valence-electron chi connectivity index (χ2n) is 7.59. The summed E-state index contributed by atoms with van der Waals surface area (Å²) in [7, 11) is 0. The summed E-state index contributed by atoms with van der Waals surface area (Å²) >= 11 is 0. The third-order valence-corrected chi connectivity index (χ3v) is 5.27. The average Bonchev–Trinajstić information content (AvgIpc) is 3.05. The molecular weight excluding hydrogens is 336 g/mol. The number of ether oxygens (including phenoxy) is 1. The maximum atomic E-state index is 10.5. The molecule has 0 aromatic rings. The third-order valence-electron chi connectivity index (χ3n) is 5.27. The Balaban J connectivity index is 1.81. The zero-order chi connectivity index (χ0) is 19.1.